The molecule has 2 aliphatic rings. The van der Waals surface area contributed by atoms with E-state index in [1.165, 1.54) is 17.4 Å². The molecule has 2 heterocycles. The average Bonchev–Trinajstić information content (AvgIpc) is 3.11. The van der Waals surface area contributed by atoms with Crippen LogP contribution in [0.25, 0.3) is 0 Å². The van der Waals surface area contributed by atoms with Crippen molar-refractivity contribution < 1.29 is 4.79 Å². The number of thioether (sulfide) groups is 1. The van der Waals surface area contributed by atoms with E-state index >= 15 is 0 Å². The summed E-state index contributed by atoms with van der Waals surface area (Å²) < 4.78 is 1.88. The number of carbonyl (C=O) groups excluding carboxylic acids is 1. The number of hydrogen-bond acceptors (Lipinski definition) is 6. The standard InChI is InChI=1S/C20H25N5OS/c1-4-24(5-2)14-11-9-13(10-12-14)18-17-15(7-6-8-16(17)26)21-19-22-20(27-3)23-25(18)19/h9-12,18H,4-8H2,1-3H3,(H,21,22,23)/t18-/m0/s1. The van der Waals surface area contributed by atoms with E-state index in [1.54, 1.807) is 0 Å². The van der Waals surface area contributed by atoms with E-state index in [-0.39, 0.29) is 11.8 Å². The van der Waals surface area contributed by atoms with Crippen LogP contribution in [-0.4, -0.2) is 39.9 Å². The van der Waals surface area contributed by atoms with E-state index in [9.17, 15) is 4.79 Å². The Morgan fingerprint density at radius 3 is 2.63 bits per heavy atom. The number of hydrogen-bond donors (Lipinski definition) is 1. The molecule has 0 saturated carbocycles. The van der Waals surface area contributed by atoms with Gasteiger partial charge in [0.2, 0.25) is 11.1 Å². The molecule has 0 radical (unpaired) electrons. The normalized spacial score (nSPS) is 18.8. The number of ketones is 1. The Hall–Kier alpha value is -2.28. The second-order valence-electron chi connectivity index (χ2n) is 6.83. The fourth-order valence-corrected chi connectivity index (χ4v) is 4.33. The summed E-state index contributed by atoms with van der Waals surface area (Å²) >= 11 is 1.51. The van der Waals surface area contributed by atoms with Crippen molar-refractivity contribution >= 4 is 29.2 Å². The van der Waals surface area contributed by atoms with E-state index in [0.29, 0.717) is 6.42 Å². The molecular formula is C20H25N5OS. The van der Waals surface area contributed by atoms with Gasteiger partial charge in [0.05, 0.1) is 0 Å². The first kappa shape index (κ1) is 18.1. The monoisotopic (exact) mass is 383 g/mol. The van der Waals surface area contributed by atoms with Gasteiger partial charge < -0.3 is 10.2 Å². The SMILES string of the molecule is CCN(CC)c1ccc([C@H]2C3=C(CCCC3=O)Nc3nc(SC)nn32)cc1. The molecule has 0 fully saturated rings. The lowest BCUT2D eigenvalue weighted by Gasteiger charge is -2.32. The molecule has 142 valence electrons. The minimum absolute atomic E-state index is 0.205. The second-order valence-corrected chi connectivity index (χ2v) is 7.60. The van der Waals surface area contributed by atoms with Crippen LogP contribution in [0, 0.1) is 0 Å². The molecule has 1 aliphatic carbocycles. The van der Waals surface area contributed by atoms with Crippen LogP contribution in [0.3, 0.4) is 0 Å². The zero-order valence-corrected chi connectivity index (χ0v) is 16.8. The Labute approximate surface area is 164 Å². The van der Waals surface area contributed by atoms with Crippen LogP contribution in [0.5, 0.6) is 0 Å². The van der Waals surface area contributed by atoms with Crippen molar-refractivity contribution in [1.82, 2.24) is 14.8 Å². The van der Waals surface area contributed by atoms with E-state index in [0.717, 1.165) is 53.9 Å². The molecule has 1 aromatic heterocycles. The quantitative estimate of drug-likeness (QED) is 0.791. The predicted octanol–water partition coefficient (Wildman–Crippen LogP) is 3.87. The average molecular weight is 384 g/mol. The molecular weight excluding hydrogens is 358 g/mol. The minimum atomic E-state index is -0.205. The van der Waals surface area contributed by atoms with Gasteiger partial charge in [0.1, 0.15) is 6.04 Å². The van der Waals surface area contributed by atoms with E-state index in [2.05, 4.69) is 58.4 Å². The first-order valence-electron chi connectivity index (χ1n) is 9.55. The van der Waals surface area contributed by atoms with Gasteiger partial charge in [-0.05, 0) is 50.6 Å². The smallest absolute Gasteiger partial charge is 0.227 e. The van der Waals surface area contributed by atoms with Crippen LogP contribution in [0.4, 0.5) is 11.6 Å². The fraction of sp³-hybridized carbons (Fsp3) is 0.450. The first-order valence-corrected chi connectivity index (χ1v) is 10.8. The summed E-state index contributed by atoms with van der Waals surface area (Å²) in [7, 11) is 0. The molecule has 0 spiro atoms. The van der Waals surface area contributed by atoms with Gasteiger partial charge >= 0.3 is 0 Å². The van der Waals surface area contributed by atoms with Crippen molar-refractivity contribution in [2.24, 2.45) is 0 Å². The maximum Gasteiger partial charge on any atom is 0.227 e. The number of fused-ring (bicyclic) bond motifs is 1. The topological polar surface area (TPSA) is 63.1 Å². The van der Waals surface area contributed by atoms with Crippen LogP contribution in [0.2, 0.25) is 0 Å². The molecule has 0 saturated heterocycles. The van der Waals surface area contributed by atoms with Gasteiger partial charge in [0.25, 0.3) is 0 Å². The van der Waals surface area contributed by atoms with Gasteiger partial charge in [-0.2, -0.15) is 4.98 Å². The molecule has 7 heteroatoms. The maximum atomic E-state index is 12.8. The highest BCUT2D eigenvalue weighted by Gasteiger charge is 2.36. The maximum absolute atomic E-state index is 12.8. The zero-order chi connectivity index (χ0) is 19.0. The van der Waals surface area contributed by atoms with Gasteiger partial charge in [-0.15, -0.1) is 5.10 Å². The number of benzene rings is 1. The summed E-state index contributed by atoms with van der Waals surface area (Å²) in [5, 5.41) is 8.73. The van der Waals surface area contributed by atoms with E-state index in [1.807, 2.05) is 10.9 Å². The lowest BCUT2D eigenvalue weighted by atomic mass is 9.85. The number of rotatable bonds is 5. The Kier molecular flexibility index (Phi) is 4.95. The first-order chi connectivity index (χ1) is 13.2. The summed E-state index contributed by atoms with van der Waals surface area (Å²) in [5.41, 5.74) is 4.14. The number of aromatic nitrogens is 3. The van der Waals surface area contributed by atoms with Gasteiger partial charge in [-0.1, -0.05) is 23.9 Å². The second kappa shape index (κ2) is 7.38. The van der Waals surface area contributed by atoms with Crippen molar-refractivity contribution in [3.05, 3.63) is 41.1 Å². The van der Waals surface area contributed by atoms with Gasteiger partial charge in [0.15, 0.2) is 5.78 Å². The van der Waals surface area contributed by atoms with Gasteiger partial charge in [0, 0.05) is 36.5 Å². The highest BCUT2D eigenvalue weighted by Crippen LogP contribution is 2.40. The molecule has 0 bridgehead atoms. The Morgan fingerprint density at radius 2 is 1.96 bits per heavy atom. The van der Waals surface area contributed by atoms with Crippen molar-refractivity contribution in [2.75, 3.05) is 29.6 Å². The van der Waals surface area contributed by atoms with Crippen LogP contribution < -0.4 is 10.2 Å². The number of nitrogens with zero attached hydrogens (tertiary/aromatic N) is 4. The largest absolute Gasteiger partial charge is 0.372 e. The third kappa shape index (κ3) is 3.14. The summed E-state index contributed by atoms with van der Waals surface area (Å²) in [6, 6.07) is 8.33. The summed E-state index contributed by atoms with van der Waals surface area (Å²) in [6.45, 7) is 6.27. The zero-order valence-electron chi connectivity index (χ0n) is 16.0. The Bertz CT molecular complexity index is 882. The number of Topliss-reactive ketones (excluding diaryl/α,β-unsaturated/α-hetero) is 1. The summed E-state index contributed by atoms with van der Waals surface area (Å²) in [6.07, 6.45) is 4.35. The number of carbonyl (C=O) groups is 1. The predicted molar refractivity (Wildman–Crippen MR) is 109 cm³/mol. The summed E-state index contributed by atoms with van der Waals surface area (Å²) in [5.74, 6) is 0.944. The molecule has 27 heavy (non-hydrogen) atoms. The van der Waals surface area contributed by atoms with Crippen LogP contribution >= 0.6 is 11.8 Å². The molecule has 4 rings (SSSR count). The van der Waals surface area contributed by atoms with E-state index < -0.39 is 0 Å². The molecule has 1 aliphatic heterocycles. The molecule has 1 aromatic carbocycles. The molecule has 0 amide bonds. The third-order valence-corrected chi connectivity index (χ3v) is 5.91. The number of nitrogens with one attached hydrogen (secondary N) is 1. The number of anilines is 2. The van der Waals surface area contributed by atoms with Crippen LogP contribution in [0.1, 0.15) is 44.7 Å². The highest BCUT2D eigenvalue weighted by molar-refractivity contribution is 7.98. The minimum Gasteiger partial charge on any atom is -0.372 e. The molecule has 1 atom stereocenters. The van der Waals surface area contributed by atoms with E-state index in [4.69, 9.17) is 0 Å². The van der Waals surface area contributed by atoms with Crippen molar-refractivity contribution in [3.8, 4) is 0 Å². The molecule has 0 unspecified atom stereocenters. The highest BCUT2D eigenvalue weighted by atomic mass is 32.2. The van der Waals surface area contributed by atoms with Gasteiger partial charge in [-0.3, -0.25) is 4.79 Å². The van der Waals surface area contributed by atoms with Crippen LogP contribution in [-0.2, 0) is 4.79 Å². The summed E-state index contributed by atoms with van der Waals surface area (Å²) in [4.78, 5) is 19.7. The molecule has 2 aromatic rings. The van der Waals surface area contributed by atoms with Gasteiger partial charge in [-0.25, -0.2) is 4.68 Å². The lowest BCUT2D eigenvalue weighted by Crippen LogP contribution is -2.31. The van der Waals surface area contributed by atoms with Crippen LogP contribution in [0.15, 0.2) is 40.7 Å². The van der Waals surface area contributed by atoms with Crippen molar-refractivity contribution in [2.45, 2.75) is 44.3 Å². The third-order valence-electron chi connectivity index (χ3n) is 5.37. The van der Waals surface area contributed by atoms with Crippen molar-refractivity contribution in [3.63, 3.8) is 0 Å². The van der Waals surface area contributed by atoms with Crippen molar-refractivity contribution in [1.29, 1.82) is 0 Å². The molecule has 6 nitrogen and oxygen atoms in total. The number of allylic oxidation sites excluding steroid dienone is 2. The Morgan fingerprint density at radius 1 is 1.22 bits per heavy atom. The lowest BCUT2D eigenvalue weighted by molar-refractivity contribution is -0.116. The molecule has 1 N–H and O–H groups in total. The Balaban J connectivity index is 1.79. The fourth-order valence-electron chi connectivity index (χ4n) is 3.99.